The Balaban J connectivity index is 2.43. The van der Waals surface area contributed by atoms with E-state index in [0.29, 0.717) is 5.75 Å². The van der Waals surface area contributed by atoms with Gasteiger partial charge >= 0.3 is 17.4 Å². The Labute approximate surface area is 128 Å². The van der Waals surface area contributed by atoms with Crippen LogP contribution in [-0.2, 0) is 0 Å². The number of benzene rings is 1. The highest BCUT2D eigenvalue weighted by molar-refractivity contribution is 5.51. The molecule has 0 aliphatic rings. The topological polar surface area (TPSA) is 87.4 Å². The highest BCUT2D eigenvalue weighted by atomic mass is 16.6. The lowest BCUT2D eigenvalue weighted by molar-refractivity contribution is -0.387. The van der Waals surface area contributed by atoms with Gasteiger partial charge in [0.1, 0.15) is 12.1 Å². The Morgan fingerprint density at radius 3 is 2.23 bits per heavy atom. The summed E-state index contributed by atoms with van der Waals surface area (Å²) in [6.45, 7) is 7.36. The lowest BCUT2D eigenvalue weighted by atomic mass is 10.1. The summed E-state index contributed by atoms with van der Waals surface area (Å²) < 4.78 is 10.9. The Bertz CT molecular complexity index is 681. The molecule has 0 radical (unpaired) electrons. The summed E-state index contributed by atoms with van der Waals surface area (Å²) >= 11 is 0. The van der Waals surface area contributed by atoms with Crippen LogP contribution in [0, 0.1) is 24.0 Å². The predicted octanol–water partition coefficient (Wildman–Crippen LogP) is 3.58. The summed E-state index contributed by atoms with van der Waals surface area (Å²) in [5.41, 5.74) is 1.60. The van der Waals surface area contributed by atoms with Gasteiger partial charge in [0.05, 0.1) is 11.0 Å². The molecule has 7 nitrogen and oxygen atoms in total. The van der Waals surface area contributed by atoms with E-state index in [1.165, 1.54) is 6.33 Å². The first-order valence-corrected chi connectivity index (χ1v) is 6.79. The smallest absolute Gasteiger partial charge is 0.392 e. The molecule has 1 aromatic carbocycles. The first-order chi connectivity index (χ1) is 10.4. The zero-order valence-corrected chi connectivity index (χ0v) is 12.9. The summed E-state index contributed by atoms with van der Waals surface area (Å²) in [5, 5.41) is 11.3. The molecule has 1 aromatic heterocycles. The largest absolute Gasteiger partial charge is 0.470 e. The number of aromatic nitrogens is 2. The van der Waals surface area contributed by atoms with Crippen LogP contribution in [0.3, 0.4) is 0 Å². The Kier molecular flexibility index (Phi) is 4.55. The van der Waals surface area contributed by atoms with Crippen LogP contribution in [0.25, 0.3) is 0 Å². The van der Waals surface area contributed by atoms with Gasteiger partial charge < -0.3 is 9.47 Å². The minimum Gasteiger partial charge on any atom is -0.470 e. The first-order valence-electron chi connectivity index (χ1n) is 6.79. The van der Waals surface area contributed by atoms with E-state index in [4.69, 9.17) is 9.47 Å². The number of aryl methyl sites for hydroxylation is 2. The lowest BCUT2D eigenvalue weighted by Crippen LogP contribution is -2.10. The third kappa shape index (κ3) is 3.69. The normalized spacial score (nSPS) is 10.6. The van der Waals surface area contributed by atoms with E-state index in [0.717, 1.165) is 11.1 Å². The Morgan fingerprint density at radius 2 is 1.68 bits per heavy atom. The van der Waals surface area contributed by atoms with Crippen LogP contribution in [0.4, 0.5) is 5.69 Å². The first kappa shape index (κ1) is 15.7. The fourth-order valence-corrected chi connectivity index (χ4v) is 1.99. The van der Waals surface area contributed by atoms with Crippen molar-refractivity contribution in [3.05, 3.63) is 45.8 Å². The van der Waals surface area contributed by atoms with Gasteiger partial charge in [0.2, 0.25) is 0 Å². The molecule has 116 valence electrons. The Morgan fingerprint density at radius 1 is 1.09 bits per heavy atom. The number of hydrogen-bond acceptors (Lipinski definition) is 6. The number of nitro groups is 1. The second-order valence-electron chi connectivity index (χ2n) is 5.18. The maximum atomic E-state index is 11.3. The van der Waals surface area contributed by atoms with Crippen molar-refractivity contribution in [1.82, 2.24) is 9.97 Å². The van der Waals surface area contributed by atoms with Gasteiger partial charge in [0.25, 0.3) is 0 Å². The van der Waals surface area contributed by atoms with Gasteiger partial charge in [-0.05, 0) is 51.0 Å². The van der Waals surface area contributed by atoms with Crippen LogP contribution in [0.15, 0.2) is 24.5 Å². The van der Waals surface area contributed by atoms with Crippen LogP contribution in [0.2, 0.25) is 0 Å². The van der Waals surface area contributed by atoms with E-state index in [9.17, 15) is 10.1 Å². The highest BCUT2D eigenvalue weighted by Gasteiger charge is 2.27. The molecule has 0 fully saturated rings. The van der Waals surface area contributed by atoms with Crippen LogP contribution < -0.4 is 9.47 Å². The minimum atomic E-state index is -0.601. The maximum absolute atomic E-state index is 11.3. The Hall–Kier alpha value is -2.70. The fourth-order valence-electron chi connectivity index (χ4n) is 1.99. The molecule has 0 bridgehead atoms. The maximum Gasteiger partial charge on any atom is 0.392 e. The molecule has 0 aliphatic heterocycles. The second kappa shape index (κ2) is 6.38. The van der Waals surface area contributed by atoms with Crippen molar-refractivity contribution in [2.75, 3.05) is 0 Å². The molecule has 2 rings (SSSR count). The fraction of sp³-hybridized carbons (Fsp3) is 0.333. The highest BCUT2D eigenvalue weighted by Crippen LogP contribution is 2.36. The molecule has 0 atom stereocenters. The molecular weight excluding hydrogens is 286 g/mol. The van der Waals surface area contributed by atoms with Gasteiger partial charge in [-0.15, -0.1) is 0 Å². The van der Waals surface area contributed by atoms with Crippen molar-refractivity contribution in [2.45, 2.75) is 33.8 Å². The quantitative estimate of drug-likeness (QED) is 0.619. The van der Waals surface area contributed by atoms with E-state index >= 15 is 0 Å². The molecule has 0 N–H and O–H groups in total. The van der Waals surface area contributed by atoms with Crippen molar-refractivity contribution in [2.24, 2.45) is 0 Å². The van der Waals surface area contributed by atoms with Crippen molar-refractivity contribution in [1.29, 1.82) is 0 Å². The average molecular weight is 303 g/mol. The summed E-state index contributed by atoms with van der Waals surface area (Å²) in [7, 11) is 0. The molecule has 7 heteroatoms. The van der Waals surface area contributed by atoms with Crippen LogP contribution >= 0.6 is 0 Å². The molecule has 22 heavy (non-hydrogen) atoms. The third-order valence-electron chi connectivity index (χ3n) is 2.69. The summed E-state index contributed by atoms with van der Waals surface area (Å²) in [6.07, 6.45) is 0.936. The van der Waals surface area contributed by atoms with E-state index in [2.05, 4.69) is 9.97 Å². The van der Waals surface area contributed by atoms with Gasteiger partial charge in [-0.25, -0.2) is 0 Å². The van der Waals surface area contributed by atoms with Crippen LogP contribution in [0.1, 0.15) is 25.0 Å². The van der Waals surface area contributed by atoms with Crippen molar-refractivity contribution in [3.63, 3.8) is 0 Å². The number of rotatable bonds is 5. The third-order valence-corrected chi connectivity index (χ3v) is 2.69. The van der Waals surface area contributed by atoms with Gasteiger partial charge in [0.15, 0.2) is 0 Å². The van der Waals surface area contributed by atoms with Gasteiger partial charge in [-0.2, -0.15) is 9.97 Å². The zero-order valence-electron chi connectivity index (χ0n) is 12.9. The van der Waals surface area contributed by atoms with Crippen LogP contribution in [0.5, 0.6) is 17.5 Å². The monoisotopic (exact) mass is 303 g/mol. The molecule has 0 saturated heterocycles. The van der Waals surface area contributed by atoms with Gasteiger partial charge in [0, 0.05) is 0 Å². The van der Waals surface area contributed by atoms with Crippen molar-refractivity contribution >= 4 is 5.69 Å². The molecule has 0 spiro atoms. The predicted molar refractivity (Wildman–Crippen MR) is 80.4 cm³/mol. The zero-order chi connectivity index (χ0) is 16.3. The SMILES string of the molecule is Cc1cc(C)cc(Oc2ncnc(OC(C)C)c2[N+](=O)[O-])c1. The van der Waals surface area contributed by atoms with E-state index in [1.807, 2.05) is 19.9 Å². The van der Waals surface area contributed by atoms with Crippen molar-refractivity contribution in [3.8, 4) is 17.5 Å². The number of hydrogen-bond donors (Lipinski definition) is 0. The lowest BCUT2D eigenvalue weighted by Gasteiger charge is -2.11. The van der Waals surface area contributed by atoms with E-state index in [1.54, 1.807) is 26.0 Å². The average Bonchev–Trinajstić information content (AvgIpc) is 2.36. The van der Waals surface area contributed by atoms with E-state index < -0.39 is 4.92 Å². The van der Waals surface area contributed by atoms with E-state index in [-0.39, 0.29) is 23.6 Å². The summed E-state index contributed by atoms with van der Waals surface area (Å²) in [6, 6.07) is 5.54. The minimum absolute atomic E-state index is 0.102. The molecule has 1 heterocycles. The number of nitrogens with zero attached hydrogens (tertiary/aromatic N) is 3. The number of ether oxygens (including phenoxy) is 2. The summed E-state index contributed by atoms with van der Waals surface area (Å²) in [5.74, 6) is 0.241. The van der Waals surface area contributed by atoms with Gasteiger partial charge in [-0.1, -0.05) is 6.07 Å². The van der Waals surface area contributed by atoms with Gasteiger partial charge in [-0.3, -0.25) is 10.1 Å². The molecule has 2 aromatic rings. The standard InChI is InChI=1S/C15H17N3O4/c1-9(2)21-14-13(18(19)20)15(17-8-16-14)22-12-6-10(3)5-11(4)7-12/h5-9H,1-4H3. The molecule has 0 saturated carbocycles. The molecule has 0 amide bonds. The second-order valence-corrected chi connectivity index (χ2v) is 5.18. The van der Waals surface area contributed by atoms with Crippen LogP contribution in [-0.4, -0.2) is 21.0 Å². The summed E-state index contributed by atoms with van der Waals surface area (Å²) in [4.78, 5) is 18.4. The molecule has 0 unspecified atom stereocenters. The molecular formula is C15H17N3O4. The van der Waals surface area contributed by atoms with Crippen molar-refractivity contribution < 1.29 is 14.4 Å². The molecule has 0 aliphatic carbocycles.